The van der Waals surface area contributed by atoms with Gasteiger partial charge in [0.15, 0.2) is 0 Å². The van der Waals surface area contributed by atoms with Crippen LogP contribution in [-0.2, 0) is 0 Å². The first-order valence-electron chi connectivity index (χ1n) is 5.73. The Bertz CT molecular complexity index is 482. The number of aromatic nitrogens is 1. The summed E-state index contributed by atoms with van der Waals surface area (Å²) in [5, 5.41) is 2.38. The fraction of sp³-hybridized carbons (Fsp3) is 0.308. The van der Waals surface area contributed by atoms with E-state index < -0.39 is 0 Å². The van der Waals surface area contributed by atoms with Crippen LogP contribution in [0, 0.1) is 0 Å². The number of hydrogen-bond donors (Lipinski definition) is 2. The van der Waals surface area contributed by atoms with Crippen LogP contribution in [0.2, 0.25) is 0 Å². The van der Waals surface area contributed by atoms with Crippen molar-refractivity contribution in [2.45, 2.75) is 13.0 Å². The summed E-state index contributed by atoms with van der Waals surface area (Å²) < 4.78 is 0. The van der Waals surface area contributed by atoms with E-state index in [4.69, 9.17) is 5.84 Å². The minimum Gasteiger partial charge on any atom is -0.271 e. The molecule has 0 aliphatic heterocycles. The molecule has 17 heavy (non-hydrogen) atoms. The third-order valence-electron chi connectivity index (χ3n) is 2.78. The SMILES string of the molecule is CCSCC(NN)c1cccc2ccncc12. The number of benzene rings is 1. The quantitative estimate of drug-likeness (QED) is 0.629. The van der Waals surface area contributed by atoms with Gasteiger partial charge >= 0.3 is 0 Å². The lowest BCUT2D eigenvalue weighted by atomic mass is 10.0. The van der Waals surface area contributed by atoms with Crippen LogP contribution in [0.25, 0.3) is 10.8 Å². The zero-order valence-electron chi connectivity index (χ0n) is 9.89. The Morgan fingerprint density at radius 3 is 3.06 bits per heavy atom. The maximum atomic E-state index is 5.65. The van der Waals surface area contributed by atoms with E-state index in [9.17, 15) is 0 Å². The molecular weight excluding hydrogens is 230 g/mol. The molecule has 90 valence electrons. The van der Waals surface area contributed by atoms with Crippen LogP contribution in [0.1, 0.15) is 18.5 Å². The maximum absolute atomic E-state index is 5.65. The number of hydrogen-bond acceptors (Lipinski definition) is 4. The number of nitrogens with two attached hydrogens (primary N) is 1. The number of rotatable bonds is 5. The van der Waals surface area contributed by atoms with Gasteiger partial charge in [-0.05, 0) is 22.8 Å². The lowest BCUT2D eigenvalue weighted by Crippen LogP contribution is -2.29. The lowest BCUT2D eigenvalue weighted by Gasteiger charge is -2.17. The first-order chi connectivity index (χ1) is 8.36. The molecule has 2 aromatic rings. The minimum atomic E-state index is 0.174. The molecule has 1 unspecified atom stereocenters. The molecule has 3 N–H and O–H groups in total. The number of thioether (sulfide) groups is 1. The van der Waals surface area contributed by atoms with E-state index in [0.29, 0.717) is 0 Å². The summed E-state index contributed by atoms with van der Waals surface area (Å²) in [4.78, 5) is 4.20. The third-order valence-corrected chi connectivity index (χ3v) is 3.76. The number of hydrazine groups is 1. The van der Waals surface area contributed by atoms with Crippen molar-refractivity contribution in [2.75, 3.05) is 11.5 Å². The molecule has 0 fully saturated rings. The van der Waals surface area contributed by atoms with E-state index in [2.05, 4.69) is 35.5 Å². The molecule has 2 rings (SSSR count). The van der Waals surface area contributed by atoms with Gasteiger partial charge < -0.3 is 0 Å². The first kappa shape index (κ1) is 12.4. The van der Waals surface area contributed by atoms with Crippen molar-refractivity contribution in [3.63, 3.8) is 0 Å². The molecule has 0 spiro atoms. The van der Waals surface area contributed by atoms with Gasteiger partial charge in [0.2, 0.25) is 0 Å². The van der Waals surface area contributed by atoms with E-state index in [0.717, 1.165) is 11.5 Å². The Labute approximate surface area is 106 Å². The van der Waals surface area contributed by atoms with Crippen LogP contribution in [0.3, 0.4) is 0 Å². The summed E-state index contributed by atoms with van der Waals surface area (Å²) >= 11 is 1.88. The Hall–Kier alpha value is -1.10. The molecule has 1 aromatic carbocycles. The van der Waals surface area contributed by atoms with Gasteiger partial charge in [-0.25, -0.2) is 0 Å². The highest BCUT2D eigenvalue weighted by molar-refractivity contribution is 7.99. The molecule has 0 amide bonds. The van der Waals surface area contributed by atoms with E-state index >= 15 is 0 Å². The predicted molar refractivity (Wildman–Crippen MR) is 74.8 cm³/mol. The number of nitrogens with one attached hydrogen (secondary N) is 1. The second-order valence-corrected chi connectivity index (χ2v) is 5.14. The molecule has 1 heterocycles. The van der Waals surface area contributed by atoms with Gasteiger partial charge in [0, 0.05) is 23.5 Å². The van der Waals surface area contributed by atoms with Crippen molar-refractivity contribution in [3.05, 3.63) is 42.2 Å². The van der Waals surface area contributed by atoms with E-state index in [1.165, 1.54) is 16.3 Å². The highest BCUT2D eigenvalue weighted by Gasteiger charge is 2.12. The van der Waals surface area contributed by atoms with Crippen LogP contribution in [0.4, 0.5) is 0 Å². The summed E-state index contributed by atoms with van der Waals surface area (Å²) in [6.45, 7) is 2.16. The Kier molecular flexibility index (Phi) is 4.36. The van der Waals surface area contributed by atoms with Gasteiger partial charge in [-0.2, -0.15) is 11.8 Å². The average molecular weight is 247 g/mol. The van der Waals surface area contributed by atoms with Crippen LogP contribution in [0.5, 0.6) is 0 Å². The highest BCUT2D eigenvalue weighted by atomic mass is 32.2. The standard InChI is InChI=1S/C13H17N3S/c1-2-17-9-13(16-14)11-5-3-4-10-6-7-15-8-12(10)11/h3-8,13,16H,2,9,14H2,1H3. The summed E-state index contributed by atoms with van der Waals surface area (Å²) in [5.74, 6) is 7.72. The molecule has 1 aromatic heterocycles. The molecule has 0 aliphatic rings. The molecule has 0 aliphatic carbocycles. The molecule has 4 heteroatoms. The van der Waals surface area contributed by atoms with Gasteiger partial charge in [-0.3, -0.25) is 16.3 Å². The van der Waals surface area contributed by atoms with Crippen molar-refractivity contribution < 1.29 is 0 Å². The topological polar surface area (TPSA) is 50.9 Å². The van der Waals surface area contributed by atoms with Crippen molar-refractivity contribution in [1.29, 1.82) is 0 Å². The van der Waals surface area contributed by atoms with Crippen molar-refractivity contribution in [1.82, 2.24) is 10.4 Å². The number of fused-ring (bicyclic) bond motifs is 1. The van der Waals surface area contributed by atoms with Crippen molar-refractivity contribution in [2.24, 2.45) is 5.84 Å². The molecular formula is C13H17N3S. The Balaban J connectivity index is 2.38. The zero-order chi connectivity index (χ0) is 12.1. The fourth-order valence-electron chi connectivity index (χ4n) is 1.90. The maximum Gasteiger partial charge on any atom is 0.0557 e. The second-order valence-electron chi connectivity index (χ2n) is 3.82. The average Bonchev–Trinajstić information content (AvgIpc) is 2.40. The third kappa shape index (κ3) is 2.77. The van der Waals surface area contributed by atoms with Gasteiger partial charge in [-0.15, -0.1) is 0 Å². The van der Waals surface area contributed by atoms with E-state index in [1.54, 1.807) is 0 Å². The van der Waals surface area contributed by atoms with E-state index in [-0.39, 0.29) is 6.04 Å². The van der Waals surface area contributed by atoms with Gasteiger partial charge in [0.05, 0.1) is 6.04 Å². The van der Waals surface area contributed by atoms with Crippen LogP contribution >= 0.6 is 11.8 Å². The summed E-state index contributed by atoms with van der Waals surface area (Å²) in [5.41, 5.74) is 4.12. The van der Waals surface area contributed by atoms with Gasteiger partial charge in [0.25, 0.3) is 0 Å². The predicted octanol–water partition coefficient (Wildman–Crippen LogP) is 2.49. The van der Waals surface area contributed by atoms with Crippen LogP contribution < -0.4 is 11.3 Å². The van der Waals surface area contributed by atoms with Crippen molar-refractivity contribution >= 4 is 22.5 Å². The summed E-state index contributed by atoms with van der Waals surface area (Å²) in [6, 6.07) is 8.48. The molecule has 0 bridgehead atoms. The highest BCUT2D eigenvalue weighted by Crippen LogP contribution is 2.25. The number of pyridine rings is 1. The summed E-state index contributed by atoms with van der Waals surface area (Å²) in [6.07, 6.45) is 3.73. The molecule has 0 saturated carbocycles. The van der Waals surface area contributed by atoms with Crippen molar-refractivity contribution in [3.8, 4) is 0 Å². The monoisotopic (exact) mass is 247 g/mol. The summed E-state index contributed by atoms with van der Waals surface area (Å²) in [7, 11) is 0. The van der Waals surface area contributed by atoms with E-state index in [1.807, 2.05) is 30.2 Å². The Morgan fingerprint density at radius 2 is 2.29 bits per heavy atom. The number of nitrogens with zero attached hydrogens (tertiary/aromatic N) is 1. The normalized spacial score (nSPS) is 12.8. The van der Waals surface area contributed by atoms with Crippen LogP contribution in [0.15, 0.2) is 36.7 Å². The molecule has 1 atom stereocenters. The zero-order valence-corrected chi connectivity index (χ0v) is 10.7. The molecule has 0 radical (unpaired) electrons. The van der Waals surface area contributed by atoms with Gasteiger partial charge in [-0.1, -0.05) is 25.1 Å². The lowest BCUT2D eigenvalue weighted by molar-refractivity contribution is 0.615. The smallest absolute Gasteiger partial charge is 0.0557 e. The largest absolute Gasteiger partial charge is 0.271 e. The Morgan fingerprint density at radius 1 is 1.41 bits per heavy atom. The van der Waals surface area contributed by atoms with Crippen LogP contribution in [-0.4, -0.2) is 16.5 Å². The fourth-order valence-corrected chi connectivity index (χ4v) is 2.65. The molecule has 0 saturated heterocycles. The first-order valence-corrected chi connectivity index (χ1v) is 6.88. The minimum absolute atomic E-state index is 0.174. The molecule has 3 nitrogen and oxygen atoms in total. The van der Waals surface area contributed by atoms with Gasteiger partial charge in [0.1, 0.15) is 0 Å². The second kappa shape index (κ2) is 6.00.